The topological polar surface area (TPSA) is 101 Å². The second-order valence-electron chi connectivity index (χ2n) is 6.33. The van der Waals surface area contributed by atoms with Crippen LogP contribution >= 0.6 is 0 Å². The van der Waals surface area contributed by atoms with Gasteiger partial charge in [-0.05, 0) is 25.3 Å². The number of nitrogens with one attached hydrogen (secondary N) is 1. The zero-order valence-corrected chi connectivity index (χ0v) is 14.5. The normalized spacial score (nSPS) is 26.1. The van der Waals surface area contributed by atoms with Crippen molar-refractivity contribution in [1.29, 1.82) is 0 Å². The number of anilines is 1. The van der Waals surface area contributed by atoms with E-state index in [9.17, 15) is 13.2 Å². The van der Waals surface area contributed by atoms with E-state index in [2.05, 4.69) is 15.5 Å². The fourth-order valence-corrected chi connectivity index (χ4v) is 4.89. The summed E-state index contributed by atoms with van der Waals surface area (Å²) in [6.07, 6.45) is 2.19. The number of sulfone groups is 1. The molecule has 2 fully saturated rings. The van der Waals surface area contributed by atoms with E-state index in [0.29, 0.717) is 18.8 Å². The third kappa shape index (κ3) is 3.95. The number of hydrogen-bond donors (Lipinski definition) is 1. The second-order valence-corrected chi connectivity index (χ2v) is 8.56. The van der Waals surface area contributed by atoms with Gasteiger partial charge in [-0.25, -0.2) is 8.42 Å². The third-order valence-corrected chi connectivity index (χ3v) is 6.30. The Hall–Kier alpha value is -1.90. The van der Waals surface area contributed by atoms with Crippen LogP contribution in [-0.4, -0.2) is 62.3 Å². The van der Waals surface area contributed by atoms with Gasteiger partial charge in [0.25, 0.3) is 0 Å². The van der Waals surface area contributed by atoms with Crippen LogP contribution in [0.1, 0.15) is 19.3 Å². The summed E-state index contributed by atoms with van der Waals surface area (Å²) in [7, 11) is -1.45. The van der Waals surface area contributed by atoms with Crippen molar-refractivity contribution in [2.75, 3.05) is 36.6 Å². The summed E-state index contributed by atoms with van der Waals surface area (Å²) in [6, 6.07) is 3.32. The summed E-state index contributed by atoms with van der Waals surface area (Å²) in [6.45, 7) is 1.38. The minimum atomic E-state index is -2.99. The molecule has 2 atom stereocenters. The van der Waals surface area contributed by atoms with Crippen molar-refractivity contribution < 1.29 is 17.9 Å². The van der Waals surface area contributed by atoms with E-state index < -0.39 is 9.84 Å². The van der Waals surface area contributed by atoms with Crippen LogP contribution in [-0.2, 0) is 14.6 Å². The van der Waals surface area contributed by atoms with E-state index in [1.807, 2.05) is 11.0 Å². The summed E-state index contributed by atoms with van der Waals surface area (Å²) < 4.78 is 28.0. The van der Waals surface area contributed by atoms with Gasteiger partial charge in [0.2, 0.25) is 11.8 Å². The lowest BCUT2D eigenvalue weighted by Crippen LogP contribution is -2.46. The van der Waals surface area contributed by atoms with Crippen molar-refractivity contribution in [3.05, 3.63) is 12.1 Å². The Bertz CT molecular complexity index is 692. The van der Waals surface area contributed by atoms with E-state index >= 15 is 0 Å². The van der Waals surface area contributed by atoms with Gasteiger partial charge in [-0.15, -0.1) is 10.2 Å². The molecule has 2 saturated heterocycles. The van der Waals surface area contributed by atoms with Gasteiger partial charge < -0.3 is 15.0 Å². The molecule has 0 aliphatic carbocycles. The molecule has 24 heavy (non-hydrogen) atoms. The van der Waals surface area contributed by atoms with Gasteiger partial charge in [0, 0.05) is 25.2 Å². The molecule has 8 nitrogen and oxygen atoms in total. The van der Waals surface area contributed by atoms with Gasteiger partial charge in [-0.2, -0.15) is 0 Å². The number of rotatable bonds is 4. The Morgan fingerprint density at radius 1 is 1.33 bits per heavy atom. The number of carbonyl (C=O) groups excluding carboxylic acids is 1. The third-order valence-electron chi connectivity index (χ3n) is 4.53. The monoisotopic (exact) mass is 354 g/mol. The van der Waals surface area contributed by atoms with Crippen molar-refractivity contribution >= 4 is 21.6 Å². The average molecular weight is 354 g/mol. The minimum Gasteiger partial charge on any atom is -0.480 e. The van der Waals surface area contributed by atoms with Crippen LogP contribution in [0.25, 0.3) is 0 Å². The smallest absolute Gasteiger partial charge is 0.233 e. The number of aromatic nitrogens is 2. The maximum atomic E-state index is 12.5. The van der Waals surface area contributed by atoms with Crippen LogP contribution in [0.2, 0.25) is 0 Å². The van der Waals surface area contributed by atoms with Crippen LogP contribution in [0.4, 0.5) is 5.82 Å². The lowest BCUT2D eigenvalue weighted by atomic mass is 9.96. The molecular formula is C15H22N4O4S. The number of amides is 1. The molecule has 1 amide bonds. The van der Waals surface area contributed by atoms with Gasteiger partial charge in [-0.3, -0.25) is 4.79 Å². The molecule has 3 rings (SSSR count). The molecule has 132 valence electrons. The van der Waals surface area contributed by atoms with Gasteiger partial charge in [-0.1, -0.05) is 0 Å². The van der Waals surface area contributed by atoms with Crippen LogP contribution in [0.3, 0.4) is 0 Å². The van der Waals surface area contributed by atoms with Crippen LogP contribution in [0, 0.1) is 5.92 Å². The van der Waals surface area contributed by atoms with Crippen molar-refractivity contribution in [1.82, 2.24) is 15.5 Å². The molecule has 3 heterocycles. The fraction of sp³-hybridized carbons (Fsp3) is 0.667. The molecule has 1 N–H and O–H groups in total. The molecule has 0 saturated carbocycles. The number of nitrogens with zero attached hydrogens (tertiary/aromatic N) is 3. The maximum absolute atomic E-state index is 12.5. The van der Waals surface area contributed by atoms with E-state index in [4.69, 9.17) is 4.74 Å². The predicted molar refractivity (Wildman–Crippen MR) is 88.7 cm³/mol. The number of carbonyl (C=O) groups is 1. The zero-order valence-electron chi connectivity index (χ0n) is 13.6. The van der Waals surface area contributed by atoms with Gasteiger partial charge in [0.15, 0.2) is 15.7 Å². The van der Waals surface area contributed by atoms with Crippen LogP contribution in [0.15, 0.2) is 12.1 Å². The lowest BCUT2D eigenvalue weighted by molar-refractivity contribution is -0.125. The largest absolute Gasteiger partial charge is 0.480 e. The molecule has 1 aromatic rings. The molecule has 0 radical (unpaired) electrons. The first-order chi connectivity index (χ1) is 11.5. The van der Waals surface area contributed by atoms with Crippen LogP contribution < -0.4 is 15.0 Å². The van der Waals surface area contributed by atoms with Crippen molar-refractivity contribution in [3.63, 3.8) is 0 Å². The molecule has 9 heteroatoms. The number of ether oxygens (including phenoxy) is 1. The first kappa shape index (κ1) is 16.9. The molecule has 2 aliphatic heterocycles. The number of methoxy groups -OCH3 is 1. The summed E-state index contributed by atoms with van der Waals surface area (Å²) in [5, 5.41) is 11.0. The fourth-order valence-electron chi connectivity index (χ4n) is 3.22. The van der Waals surface area contributed by atoms with E-state index in [1.165, 1.54) is 7.11 Å². The van der Waals surface area contributed by atoms with Crippen molar-refractivity contribution in [2.45, 2.75) is 25.3 Å². The molecule has 0 spiro atoms. The summed E-state index contributed by atoms with van der Waals surface area (Å²) >= 11 is 0. The van der Waals surface area contributed by atoms with E-state index in [1.54, 1.807) is 6.07 Å². The minimum absolute atomic E-state index is 0.0547. The first-order valence-electron chi connectivity index (χ1n) is 8.10. The van der Waals surface area contributed by atoms with Gasteiger partial charge in [0.1, 0.15) is 0 Å². The average Bonchev–Trinajstić information content (AvgIpc) is 2.93. The van der Waals surface area contributed by atoms with Gasteiger partial charge >= 0.3 is 0 Å². The first-order valence-corrected chi connectivity index (χ1v) is 9.92. The number of hydrogen-bond acceptors (Lipinski definition) is 7. The summed E-state index contributed by atoms with van der Waals surface area (Å²) in [5.74, 6) is 1.16. The number of piperidine rings is 1. The summed E-state index contributed by atoms with van der Waals surface area (Å²) in [5.41, 5.74) is 0. The van der Waals surface area contributed by atoms with Crippen LogP contribution in [0.5, 0.6) is 5.88 Å². The molecular weight excluding hydrogens is 332 g/mol. The highest BCUT2D eigenvalue weighted by Gasteiger charge is 2.32. The second kappa shape index (κ2) is 6.92. The molecule has 2 aliphatic rings. The predicted octanol–water partition coefficient (Wildman–Crippen LogP) is 0.00490. The Kier molecular flexibility index (Phi) is 4.88. The highest BCUT2D eigenvalue weighted by molar-refractivity contribution is 7.91. The quantitative estimate of drug-likeness (QED) is 0.812. The Labute approximate surface area is 141 Å². The standard InChI is InChI=1S/C15H22N4O4S/c1-23-14-5-4-13(17-18-14)19-7-2-3-11(9-19)15(20)16-12-6-8-24(21,22)10-12/h4-5,11-12H,2-3,6-10H2,1H3,(H,16,20). The SMILES string of the molecule is COc1ccc(N2CCCC(C(=O)NC3CCS(=O)(=O)C3)C2)nn1. The van der Waals surface area contributed by atoms with E-state index in [0.717, 1.165) is 25.2 Å². The van der Waals surface area contributed by atoms with E-state index in [-0.39, 0.29) is 29.4 Å². The Morgan fingerprint density at radius 2 is 2.17 bits per heavy atom. The van der Waals surface area contributed by atoms with Crippen molar-refractivity contribution in [2.24, 2.45) is 5.92 Å². The highest BCUT2D eigenvalue weighted by Crippen LogP contribution is 2.23. The summed E-state index contributed by atoms with van der Waals surface area (Å²) in [4.78, 5) is 14.5. The van der Waals surface area contributed by atoms with Crippen molar-refractivity contribution in [3.8, 4) is 5.88 Å². The molecule has 1 aromatic heterocycles. The Morgan fingerprint density at radius 3 is 2.79 bits per heavy atom. The Balaban J connectivity index is 1.59. The zero-order chi connectivity index (χ0) is 17.2. The maximum Gasteiger partial charge on any atom is 0.233 e. The van der Waals surface area contributed by atoms with Gasteiger partial charge in [0.05, 0.1) is 24.5 Å². The molecule has 0 bridgehead atoms. The highest BCUT2D eigenvalue weighted by atomic mass is 32.2. The molecule has 2 unspecified atom stereocenters. The molecule has 0 aromatic carbocycles. The lowest BCUT2D eigenvalue weighted by Gasteiger charge is -2.33.